The lowest BCUT2D eigenvalue weighted by molar-refractivity contribution is -0.141. The molecule has 2 atom stereocenters. The first-order chi connectivity index (χ1) is 6.77. The second kappa shape index (κ2) is 4.27. The third-order valence-electron chi connectivity index (χ3n) is 2.36. The lowest BCUT2D eigenvalue weighted by Gasteiger charge is -2.12. The summed E-state index contributed by atoms with van der Waals surface area (Å²) in [7, 11) is 0. The van der Waals surface area contributed by atoms with Gasteiger partial charge in [-0.1, -0.05) is 18.2 Å². The van der Waals surface area contributed by atoms with Crippen LogP contribution in [0.25, 0.3) is 0 Å². The van der Waals surface area contributed by atoms with Crippen molar-refractivity contribution in [2.75, 3.05) is 0 Å². The topological polar surface area (TPSA) is 63.1 Å². The van der Waals surface area contributed by atoms with Gasteiger partial charge in [-0.25, -0.2) is 4.98 Å². The van der Waals surface area contributed by atoms with Gasteiger partial charge < -0.3 is 5.11 Å². The molecule has 14 heavy (non-hydrogen) atoms. The van der Waals surface area contributed by atoms with Gasteiger partial charge in [-0.3, -0.25) is 4.79 Å². The summed E-state index contributed by atoms with van der Waals surface area (Å²) in [6.07, 6.45) is 4.29. The molecule has 1 aromatic heterocycles. The fraction of sp³-hybridized carbons (Fsp3) is 0.625. The van der Waals surface area contributed by atoms with Crippen LogP contribution >= 0.6 is 23.3 Å². The normalized spacial score (nSPS) is 26.6. The molecule has 76 valence electrons. The van der Waals surface area contributed by atoms with Crippen LogP contribution in [0.5, 0.6) is 0 Å². The zero-order chi connectivity index (χ0) is 9.97. The monoisotopic (exact) mass is 230 g/mol. The molecule has 1 saturated carbocycles. The first kappa shape index (κ1) is 9.92. The van der Waals surface area contributed by atoms with Crippen LogP contribution in [0.2, 0.25) is 0 Å². The van der Waals surface area contributed by atoms with Gasteiger partial charge >= 0.3 is 5.97 Å². The van der Waals surface area contributed by atoms with Gasteiger partial charge in [0.1, 0.15) is 6.33 Å². The summed E-state index contributed by atoms with van der Waals surface area (Å²) in [5, 5.41) is 9.15. The van der Waals surface area contributed by atoms with Gasteiger partial charge in [0.2, 0.25) is 0 Å². The number of aliphatic carboxylic acids is 1. The van der Waals surface area contributed by atoms with E-state index in [2.05, 4.69) is 9.36 Å². The first-order valence-electron chi connectivity index (χ1n) is 4.43. The van der Waals surface area contributed by atoms with Gasteiger partial charge in [-0.15, -0.1) is 0 Å². The smallest absolute Gasteiger partial charge is 0.307 e. The van der Waals surface area contributed by atoms with Crippen LogP contribution in [-0.4, -0.2) is 25.7 Å². The number of hydrogen-bond acceptors (Lipinski definition) is 5. The molecule has 6 heteroatoms. The van der Waals surface area contributed by atoms with E-state index in [1.165, 1.54) is 17.9 Å². The Bertz CT molecular complexity index is 315. The minimum Gasteiger partial charge on any atom is -0.481 e. The van der Waals surface area contributed by atoms with Gasteiger partial charge in [0.15, 0.2) is 4.34 Å². The quantitative estimate of drug-likeness (QED) is 0.859. The molecular formula is C8H10N2O2S2. The Morgan fingerprint density at radius 2 is 2.50 bits per heavy atom. The van der Waals surface area contributed by atoms with Gasteiger partial charge in [0.05, 0.1) is 5.92 Å². The van der Waals surface area contributed by atoms with E-state index >= 15 is 0 Å². The molecule has 0 aliphatic heterocycles. The van der Waals surface area contributed by atoms with Crippen molar-refractivity contribution in [3.8, 4) is 0 Å². The van der Waals surface area contributed by atoms with Crippen LogP contribution in [0.1, 0.15) is 19.3 Å². The SMILES string of the molecule is O=C(O)C1CCCC1Sc1ncns1. The van der Waals surface area contributed by atoms with Crippen molar-refractivity contribution >= 4 is 29.3 Å². The fourth-order valence-electron chi connectivity index (χ4n) is 1.69. The fourth-order valence-corrected chi connectivity index (χ4v) is 3.71. The van der Waals surface area contributed by atoms with E-state index < -0.39 is 5.97 Å². The molecule has 2 unspecified atom stereocenters. The highest BCUT2D eigenvalue weighted by molar-refractivity contribution is 8.01. The molecular weight excluding hydrogens is 220 g/mol. The highest BCUT2D eigenvalue weighted by atomic mass is 32.2. The molecule has 1 heterocycles. The van der Waals surface area contributed by atoms with Crippen LogP contribution in [0.3, 0.4) is 0 Å². The number of aromatic nitrogens is 2. The summed E-state index contributed by atoms with van der Waals surface area (Å²) in [4.78, 5) is 14.9. The number of rotatable bonds is 3. The van der Waals surface area contributed by atoms with Crippen molar-refractivity contribution < 1.29 is 9.90 Å². The number of carboxylic acid groups (broad SMARTS) is 1. The number of nitrogens with zero attached hydrogens (tertiary/aromatic N) is 2. The Balaban J connectivity index is 2.00. The van der Waals surface area contributed by atoms with Crippen molar-refractivity contribution in [1.29, 1.82) is 0 Å². The number of hydrogen-bond donors (Lipinski definition) is 1. The van der Waals surface area contributed by atoms with Crippen molar-refractivity contribution in [3.05, 3.63) is 6.33 Å². The van der Waals surface area contributed by atoms with E-state index in [1.807, 2.05) is 0 Å². The van der Waals surface area contributed by atoms with Gasteiger partial charge in [0, 0.05) is 5.25 Å². The average molecular weight is 230 g/mol. The number of carboxylic acids is 1. The molecule has 0 saturated heterocycles. The molecule has 0 amide bonds. The third kappa shape index (κ3) is 2.06. The Morgan fingerprint density at radius 1 is 1.64 bits per heavy atom. The highest BCUT2D eigenvalue weighted by Gasteiger charge is 2.34. The average Bonchev–Trinajstić information content (AvgIpc) is 2.75. The van der Waals surface area contributed by atoms with E-state index in [-0.39, 0.29) is 11.2 Å². The third-order valence-corrected chi connectivity index (χ3v) is 4.51. The number of carbonyl (C=O) groups is 1. The maximum Gasteiger partial charge on any atom is 0.307 e. The number of thioether (sulfide) groups is 1. The summed E-state index contributed by atoms with van der Waals surface area (Å²) >= 11 is 2.89. The lowest BCUT2D eigenvalue weighted by atomic mass is 10.1. The molecule has 1 aromatic rings. The summed E-state index contributed by atoms with van der Waals surface area (Å²) in [5.74, 6) is -0.881. The molecule has 1 N–H and O–H groups in total. The molecule has 4 nitrogen and oxygen atoms in total. The van der Waals surface area contributed by atoms with E-state index in [0.29, 0.717) is 0 Å². The van der Waals surface area contributed by atoms with Crippen molar-refractivity contribution in [2.24, 2.45) is 5.92 Å². The van der Waals surface area contributed by atoms with E-state index in [9.17, 15) is 4.79 Å². The molecule has 0 aromatic carbocycles. The molecule has 2 rings (SSSR count). The van der Waals surface area contributed by atoms with Gasteiger partial charge in [-0.05, 0) is 24.4 Å². The van der Waals surface area contributed by atoms with Crippen molar-refractivity contribution in [1.82, 2.24) is 9.36 Å². The molecule has 0 bridgehead atoms. The summed E-state index contributed by atoms with van der Waals surface area (Å²) in [6.45, 7) is 0. The van der Waals surface area contributed by atoms with Gasteiger partial charge in [0.25, 0.3) is 0 Å². The van der Waals surface area contributed by atoms with Crippen LogP contribution < -0.4 is 0 Å². The highest BCUT2D eigenvalue weighted by Crippen LogP contribution is 2.39. The van der Waals surface area contributed by atoms with Crippen LogP contribution in [0, 0.1) is 5.92 Å². The van der Waals surface area contributed by atoms with Gasteiger partial charge in [-0.2, -0.15) is 4.37 Å². The summed E-state index contributed by atoms with van der Waals surface area (Å²) in [6, 6.07) is 0. The van der Waals surface area contributed by atoms with E-state index in [4.69, 9.17) is 5.11 Å². The second-order valence-corrected chi connectivity index (χ2v) is 5.51. The largest absolute Gasteiger partial charge is 0.481 e. The minimum atomic E-state index is -0.676. The standard InChI is InChI=1S/C8H10N2O2S2/c11-7(12)5-2-1-3-6(5)13-8-9-4-10-14-8/h4-6H,1-3H2,(H,11,12). The van der Waals surface area contributed by atoms with Crippen molar-refractivity contribution in [2.45, 2.75) is 28.9 Å². The molecule has 0 radical (unpaired) electrons. The Hall–Kier alpha value is -0.620. The second-order valence-electron chi connectivity index (χ2n) is 3.24. The predicted octanol–water partition coefficient (Wildman–Crippen LogP) is 1.88. The Labute approximate surface area is 89.9 Å². The summed E-state index contributed by atoms with van der Waals surface area (Å²) < 4.78 is 4.77. The molecule has 1 fully saturated rings. The lowest BCUT2D eigenvalue weighted by Crippen LogP contribution is -2.19. The van der Waals surface area contributed by atoms with Crippen molar-refractivity contribution in [3.63, 3.8) is 0 Å². The Kier molecular flexibility index (Phi) is 3.02. The van der Waals surface area contributed by atoms with Crippen LogP contribution in [0.4, 0.5) is 0 Å². The maximum absolute atomic E-state index is 10.9. The minimum absolute atomic E-state index is 0.181. The van der Waals surface area contributed by atoms with Crippen LogP contribution in [0.15, 0.2) is 10.7 Å². The zero-order valence-corrected chi connectivity index (χ0v) is 9.05. The first-order valence-corrected chi connectivity index (χ1v) is 6.09. The van der Waals surface area contributed by atoms with E-state index in [1.54, 1.807) is 11.8 Å². The Morgan fingerprint density at radius 3 is 3.14 bits per heavy atom. The molecule has 1 aliphatic carbocycles. The zero-order valence-electron chi connectivity index (χ0n) is 7.42. The van der Waals surface area contributed by atoms with Crippen LogP contribution in [-0.2, 0) is 4.79 Å². The van der Waals surface area contributed by atoms with E-state index in [0.717, 1.165) is 23.6 Å². The predicted molar refractivity (Wildman–Crippen MR) is 54.5 cm³/mol. The molecule has 1 aliphatic rings. The summed E-state index contributed by atoms with van der Waals surface area (Å²) in [5.41, 5.74) is 0. The molecule has 0 spiro atoms. The maximum atomic E-state index is 10.9.